The van der Waals surface area contributed by atoms with Crippen LogP contribution in [0.15, 0.2) is 48.5 Å². The first-order valence-electron chi connectivity index (χ1n) is 5.62. The molecule has 0 amide bonds. The fraction of sp³-hybridized carbons (Fsp3) is 0.133. The Hall–Kier alpha value is -2.09. The topological polar surface area (TPSA) is 26.3 Å². The number of hydrogen-bond acceptors (Lipinski definition) is 2. The van der Waals surface area contributed by atoms with Crippen LogP contribution in [-0.4, -0.2) is 5.97 Å². The highest BCUT2D eigenvalue weighted by Crippen LogP contribution is 2.35. The van der Waals surface area contributed by atoms with Gasteiger partial charge in [-0.05, 0) is 18.6 Å². The van der Waals surface area contributed by atoms with Gasteiger partial charge in [-0.3, -0.25) is 0 Å². The summed E-state index contributed by atoms with van der Waals surface area (Å²) in [6, 6.07) is 15.6. The van der Waals surface area contributed by atoms with Crippen LogP contribution in [0.5, 0.6) is 0 Å². The fourth-order valence-corrected chi connectivity index (χ4v) is 2.13. The van der Waals surface area contributed by atoms with Crippen LogP contribution in [0, 0.1) is 6.92 Å². The Balaban J connectivity index is 2.07. The van der Waals surface area contributed by atoms with Gasteiger partial charge in [0.25, 0.3) is 0 Å². The predicted molar refractivity (Wildman–Crippen MR) is 64.9 cm³/mol. The van der Waals surface area contributed by atoms with Crippen molar-refractivity contribution in [3.63, 3.8) is 0 Å². The van der Waals surface area contributed by atoms with E-state index in [1.165, 1.54) is 5.56 Å². The summed E-state index contributed by atoms with van der Waals surface area (Å²) >= 11 is 0. The van der Waals surface area contributed by atoms with E-state index >= 15 is 0 Å². The summed E-state index contributed by atoms with van der Waals surface area (Å²) in [6.45, 7) is 2.04. The molecule has 1 atom stereocenters. The third kappa shape index (κ3) is 1.62. The van der Waals surface area contributed by atoms with Crippen LogP contribution in [0.3, 0.4) is 0 Å². The summed E-state index contributed by atoms with van der Waals surface area (Å²) in [7, 11) is 0. The molecule has 1 aliphatic rings. The fourth-order valence-electron chi connectivity index (χ4n) is 2.13. The smallest absolute Gasteiger partial charge is 0.339 e. The van der Waals surface area contributed by atoms with Gasteiger partial charge in [0.1, 0.15) is 0 Å². The first-order chi connectivity index (χ1) is 8.25. The lowest BCUT2D eigenvalue weighted by molar-refractivity contribution is 0.0456. The van der Waals surface area contributed by atoms with Gasteiger partial charge < -0.3 is 4.74 Å². The third-order valence-electron chi connectivity index (χ3n) is 3.07. The van der Waals surface area contributed by atoms with Crippen molar-refractivity contribution in [1.82, 2.24) is 0 Å². The Bertz CT molecular complexity index is 570. The summed E-state index contributed by atoms with van der Waals surface area (Å²) in [4.78, 5) is 11.7. The molecule has 2 nitrogen and oxygen atoms in total. The zero-order valence-corrected chi connectivity index (χ0v) is 9.51. The molecule has 2 aromatic carbocycles. The van der Waals surface area contributed by atoms with E-state index in [2.05, 4.69) is 0 Å². The van der Waals surface area contributed by atoms with Crippen molar-refractivity contribution in [2.24, 2.45) is 0 Å². The molecule has 0 fully saturated rings. The molecule has 2 aromatic rings. The monoisotopic (exact) mass is 224 g/mol. The van der Waals surface area contributed by atoms with Gasteiger partial charge >= 0.3 is 5.97 Å². The van der Waals surface area contributed by atoms with E-state index in [-0.39, 0.29) is 12.1 Å². The summed E-state index contributed by atoms with van der Waals surface area (Å²) in [5.41, 5.74) is 3.86. The average Bonchev–Trinajstić information content (AvgIpc) is 2.69. The van der Waals surface area contributed by atoms with Gasteiger partial charge in [0.15, 0.2) is 6.10 Å². The summed E-state index contributed by atoms with van der Waals surface area (Å²) in [5, 5.41) is 0. The number of carbonyl (C=O) groups excluding carboxylic acids is 1. The number of esters is 1. The predicted octanol–water partition coefficient (Wildman–Crippen LogP) is 3.25. The molecule has 0 saturated heterocycles. The average molecular weight is 224 g/mol. The molecular weight excluding hydrogens is 212 g/mol. The van der Waals surface area contributed by atoms with Crippen LogP contribution in [0.1, 0.15) is 33.2 Å². The number of rotatable bonds is 1. The number of hydrogen-bond donors (Lipinski definition) is 0. The molecule has 0 unspecified atom stereocenters. The Morgan fingerprint density at radius 2 is 1.71 bits per heavy atom. The van der Waals surface area contributed by atoms with Gasteiger partial charge in [-0.25, -0.2) is 4.79 Å². The molecule has 0 saturated carbocycles. The van der Waals surface area contributed by atoms with Gasteiger partial charge in [-0.2, -0.15) is 0 Å². The third-order valence-corrected chi connectivity index (χ3v) is 3.07. The van der Waals surface area contributed by atoms with E-state index in [1.54, 1.807) is 0 Å². The second-order valence-corrected chi connectivity index (χ2v) is 4.28. The number of fused-ring (bicyclic) bond motifs is 1. The molecule has 0 aliphatic carbocycles. The van der Waals surface area contributed by atoms with Crippen molar-refractivity contribution in [2.75, 3.05) is 0 Å². The molecule has 0 aromatic heterocycles. The van der Waals surface area contributed by atoms with E-state index in [1.807, 2.05) is 55.5 Å². The Morgan fingerprint density at radius 3 is 2.47 bits per heavy atom. The number of ether oxygens (including phenoxy) is 1. The van der Waals surface area contributed by atoms with Crippen LogP contribution < -0.4 is 0 Å². The Labute approximate surface area is 99.9 Å². The minimum atomic E-state index is -0.251. The molecule has 0 bridgehead atoms. The van der Waals surface area contributed by atoms with Crippen molar-refractivity contribution < 1.29 is 9.53 Å². The summed E-state index contributed by atoms with van der Waals surface area (Å²) in [5.74, 6) is -0.230. The van der Waals surface area contributed by atoms with E-state index < -0.39 is 0 Å². The quantitative estimate of drug-likeness (QED) is 0.695. The normalized spacial score (nSPS) is 17.7. The lowest BCUT2D eigenvalue weighted by Gasteiger charge is -2.11. The Kier molecular flexibility index (Phi) is 2.22. The lowest BCUT2D eigenvalue weighted by atomic mass is 9.99. The molecule has 17 heavy (non-hydrogen) atoms. The maximum atomic E-state index is 11.7. The second kappa shape index (κ2) is 3.74. The number of aryl methyl sites for hydroxylation is 1. The molecule has 2 heteroatoms. The zero-order valence-electron chi connectivity index (χ0n) is 9.51. The van der Waals surface area contributed by atoms with Gasteiger partial charge in [0, 0.05) is 5.56 Å². The SMILES string of the molecule is Cc1ccc([C@@H]2OC(=O)c3ccccc32)cc1. The highest BCUT2D eigenvalue weighted by atomic mass is 16.5. The van der Waals surface area contributed by atoms with E-state index in [0.717, 1.165) is 11.1 Å². The van der Waals surface area contributed by atoms with Crippen LogP contribution in [0.4, 0.5) is 0 Å². The summed E-state index contributed by atoms with van der Waals surface area (Å²) < 4.78 is 5.42. The molecule has 0 radical (unpaired) electrons. The first kappa shape index (κ1) is 10.1. The molecule has 3 rings (SSSR count). The minimum Gasteiger partial charge on any atom is -0.449 e. The highest BCUT2D eigenvalue weighted by molar-refractivity contribution is 5.94. The van der Waals surface area contributed by atoms with Crippen molar-refractivity contribution in [3.8, 4) is 0 Å². The van der Waals surface area contributed by atoms with Crippen LogP contribution in [0.25, 0.3) is 0 Å². The maximum Gasteiger partial charge on any atom is 0.339 e. The van der Waals surface area contributed by atoms with Gasteiger partial charge in [0.05, 0.1) is 5.56 Å². The summed E-state index contributed by atoms with van der Waals surface area (Å²) in [6.07, 6.45) is -0.251. The molecule has 0 spiro atoms. The molecule has 1 aliphatic heterocycles. The number of benzene rings is 2. The van der Waals surface area contributed by atoms with E-state index in [9.17, 15) is 4.79 Å². The van der Waals surface area contributed by atoms with Gasteiger partial charge in [-0.1, -0.05) is 48.0 Å². The van der Waals surface area contributed by atoms with Crippen molar-refractivity contribution >= 4 is 5.97 Å². The van der Waals surface area contributed by atoms with E-state index in [4.69, 9.17) is 4.74 Å². The van der Waals surface area contributed by atoms with Gasteiger partial charge in [-0.15, -0.1) is 0 Å². The van der Waals surface area contributed by atoms with Crippen molar-refractivity contribution in [2.45, 2.75) is 13.0 Å². The van der Waals surface area contributed by atoms with Crippen LogP contribution in [0.2, 0.25) is 0 Å². The van der Waals surface area contributed by atoms with Crippen LogP contribution >= 0.6 is 0 Å². The van der Waals surface area contributed by atoms with Crippen molar-refractivity contribution in [1.29, 1.82) is 0 Å². The number of carbonyl (C=O) groups is 1. The van der Waals surface area contributed by atoms with Gasteiger partial charge in [0.2, 0.25) is 0 Å². The standard InChI is InChI=1S/C15H12O2/c1-10-6-8-11(9-7-10)14-12-4-2-3-5-13(12)15(16)17-14/h2-9,14H,1H3/t14-/m0/s1. The first-order valence-corrected chi connectivity index (χ1v) is 5.62. The number of cyclic esters (lactones) is 1. The maximum absolute atomic E-state index is 11.7. The zero-order chi connectivity index (χ0) is 11.8. The Morgan fingerprint density at radius 1 is 1.00 bits per heavy atom. The molecule has 84 valence electrons. The second-order valence-electron chi connectivity index (χ2n) is 4.28. The molecular formula is C15H12O2. The lowest BCUT2D eigenvalue weighted by Crippen LogP contribution is -2.00. The molecule has 1 heterocycles. The highest BCUT2D eigenvalue weighted by Gasteiger charge is 2.31. The van der Waals surface area contributed by atoms with Crippen molar-refractivity contribution in [3.05, 3.63) is 70.8 Å². The minimum absolute atomic E-state index is 0.230. The van der Waals surface area contributed by atoms with E-state index in [0.29, 0.717) is 5.56 Å². The largest absolute Gasteiger partial charge is 0.449 e. The van der Waals surface area contributed by atoms with Crippen LogP contribution in [-0.2, 0) is 4.74 Å². The molecule has 0 N–H and O–H groups in total.